The van der Waals surface area contributed by atoms with Crippen molar-refractivity contribution < 1.29 is 4.92 Å². The molecule has 1 atom stereocenters. The minimum absolute atomic E-state index is 0.0700. The van der Waals surface area contributed by atoms with Crippen molar-refractivity contribution in [3.63, 3.8) is 0 Å². The van der Waals surface area contributed by atoms with Crippen molar-refractivity contribution >= 4 is 5.69 Å². The van der Waals surface area contributed by atoms with Crippen LogP contribution in [-0.2, 0) is 0 Å². The zero-order chi connectivity index (χ0) is 10.6. The van der Waals surface area contributed by atoms with E-state index in [0.29, 0.717) is 6.54 Å². The van der Waals surface area contributed by atoms with Crippen LogP contribution in [0.2, 0.25) is 0 Å². The van der Waals surface area contributed by atoms with Crippen molar-refractivity contribution in [1.29, 1.82) is 0 Å². The SMILES string of the molecule is CCC(CN)c1[c]cc([N+](=O)[O-])cc1. The highest BCUT2D eigenvalue weighted by atomic mass is 16.6. The van der Waals surface area contributed by atoms with E-state index in [0.717, 1.165) is 12.0 Å². The van der Waals surface area contributed by atoms with Crippen LogP contribution in [0.15, 0.2) is 18.2 Å². The summed E-state index contributed by atoms with van der Waals surface area (Å²) in [5.41, 5.74) is 6.57. The van der Waals surface area contributed by atoms with Crippen LogP contribution < -0.4 is 5.73 Å². The molecule has 1 aromatic rings. The van der Waals surface area contributed by atoms with Gasteiger partial charge in [-0.2, -0.15) is 0 Å². The van der Waals surface area contributed by atoms with E-state index in [1.165, 1.54) is 12.1 Å². The lowest BCUT2D eigenvalue weighted by Crippen LogP contribution is -2.11. The quantitative estimate of drug-likeness (QED) is 0.586. The molecule has 0 aromatic heterocycles. The Morgan fingerprint density at radius 3 is 2.71 bits per heavy atom. The third-order valence-corrected chi connectivity index (χ3v) is 2.25. The molecule has 0 saturated heterocycles. The molecule has 14 heavy (non-hydrogen) atoms. The summed E-state index contributed by atoms with van der Waals surface area (Å²) in [6.45, 7) is 2.58. The molecular weight excluding hydrogens is 180 g/mol. The normalized spacial score (nSPS) is 12.4. The molecule has 1 rings (SSSR count). The van der Waals surface area contributed by atoms with Crippen molar-refractivity contribution in [3.05, 3.63) is 39.9 Å². The fourth-order valence-corrected chi connectivity index (χ4v) is 1.31. The summed E-state index contributed by atoms with van der Waals surface area (Å²) >= 11 is 0. The number of non-ortho nitro benzene ring substituents is 1. The molecule has 0 saturated carbocycles. The van der Waals surface area contributed by atoms with Crippen LogP contribution in [0.3, 0.4) is 0 Å². The van der Waals surface area contributed by atoms with Crippen molar-refractivity contribution in [3.8, 4) is 0 Å². The standard InChI is InChI=1S/C10H13N2O2/c1-2-8(7-11)9-3-5-10(6-4-9)12(13)14/h3,5-6,8H,2,7,11H2,1H3. The van der Waals surface area contributed by atoms with Crippen LogP contribution in [0.5, 0.6) is 0 Å². The largest absolute Gasteiger partial charge is 0.330 e. The Morgan fingerprint density at radius 1 is 1.64 bits per heavy atom. The molecule has 1 aromatic carbocycles. The van der Waals surface area contributed by atoms with Crippen molar-refractivity contribution in [2.75, 3.05) is 6.54 Å². The number of nitrogens with zero attached hydrogens (tertiary/aromatic N) is 1. The maximum absolute atomic E-state index is 10.4. The van der Waals surface area contributed by atoms with E-state index in [2.05, 4.69) is 6.07 Å². The van der Waals surface area contributed by atoms with Gasteiger partial charge < -0.3 is 5.73 Å². The molecule has 0 aliphatic heterocycles. The molecule has 4 heteroatoms. The number of hydrogen-bond donors (Lipinski definition) is 1. The Kier molecular flexibility index (Phi) is 3.59. The van der Waals surface area contributed by atoms with Gasteiger partial charge in [-0.05, 0) is 30.5 Å². The topological polar surface area (TPSA) is 69.2 Å². The third-order valence-electron chi connectivity index (χ3n) is 2.25. The number of benzene rings is 1. The van der Waals surface area contributed by atoms with Gasteiger partial charge in [-0.25, -0.2) is 0 Å². The highest BCUT2D eigenvalue weighted by Crippen LogP contribution is 2.20. The summed E-state index contributed by atoms with van der Waals surface area (Å²) in [5, 5.41) is 10.4. The van der Waals surface area contributed by atoms with Gasteiger partial charge in [-0.1, -0.05) is 13.0 Å². The van der Waals surface area contributed by atoms with E-state index >= 15 is 0 Å². The first kappa shape index (κ1) is 10.7. The van der Waals surface area contributed by atoms with Crippen LogP contribution in [0.1, 0.15) is 24.8 Å². The van der Waals surface area contributed by atoms with Crippen LogP contribution in [-0.4, -0.2) is 11.5 Å². The smallest absolute Gasteiger partial charge is 0.270 e. The highest BCUT2D eigenvalue weighted by molar-refractivity contribution is 5.33. The van der Waals surface area contributed by atoms with E-state index in [1.807, 2.05) is 6.92 Å². The minimum atomic E-state index is -0.427. The number of nitrogens with two attached hydrogens (primary N) is 1. The summed E-state index contributed by atoms with van der Waals surface area (Å²) in [6.07, 6.45) is 0.921. The summed E-state index contributed by atoms with van der Waals surface area (Å²) in [4.78, 5) is 9.96. The van der Waals surface area contributed by atoms with E-state index < -0.39 is 4.92 Å². The van der Waals surface area contributed by atoms with Crippen molar-refractivity contribution in [1.82, 2.24) is 0 Å². The highest BCUT2D eigenvalue weighted by Gasteiger charge is 2.09. The Bertz CT molecular complexity index is 304. The van der Waals surface area contributed by atoms with E-state index in [9.17, 15) is 10.1 Å². The first-order chi connectivity index (χ1) is 6.69. The van der Waals surface area contributed by atoms with Crippen molar-refractivity contribution in [2.45, 2.75) is 19.3 Å². The van der Waals surface area contributed by atoms with Gasteiger partial charge in [-0.15, -0.1) is 0 Å². The first-order valence-electron chi connectivity index (χ1n) is 4.55. The van der Waals surface area contributed by atoms with E-state index in [1.54, 1.807) is 6.07 Å². The average Bonchev–Trinajstić information content (AvgIpc) is 2.20. The van der Waals surface area contributed by atoms with Gasteiger partial charge in [0.05, 0.1) is 4.92 Å². The lowest BCUT2D eigenvalue weighted by molar-refractivity contribution is -0.384. The molecule has 0 aliphatic rings. The van der Waals surface area contributed by atoms with Gasteiger partial charge in [-0.3, -0.25) is 10.1 Å². The molecule has 0 heterocycles. The third kappa shape index (κ3) is 2.29. The Balaban J connectivity index is 2.87. The molecule has 0 amide bonds. The predicted octanol–water partition coefficient (Wildman–Crippen LogP) is 1.85. The molecule has 1 radical (unpaired) electrons. The Morgan fingerprint density at radius 2 is 2.36 bits per heavy atom. The van der Waals surface area contributed by atoms with E-state index in [4.69, 9.17) is 5.73 Å². The van der Waals surface area contributed by atoms with Gasteiger partial charge in [0, 0.05) is 12.1 Å². The zero-order valence-corrected chi connectivity index (χ0v) is 8.06. The van der Waals surface area contributed by atoms with E-state index in [-0.39, 0.29) is 11.6 Å². The van der Waals surface area contributed by atoms with Gasteiger partial charge in [0.1, 0.15) is 0 Å². The minimum Gasteiger partial charge on any atom is -0.330 e. The molecule has 2 N–H and O–H groups in total. The second kappa shape index (κ2) is 4.72. The molecular formula is C10H13N2O2. The molecule has 0 spiro atoms. The van der Waals surface area contributed by atoms with Gasteiger partial charge in [0.15, 0.2) is 0 Å². The second-order valence-corrected chi connectivity index (χ2v) is 3.10. The zero-order valence-electron chi connectivity index (χ0n) is 8.06. The fraction of sp³-hybridized carbons (Fsp3) is 0.400. The fourth-order valence-electron chi connectivity index (χ4n) is 1.31. The monoisotopic (exact) mass is 193 g/mol. The summed E-state index contributed by atoms with van der Waals surface area (Å²) in [6, 6.07) is 7.51. The molecule has 1 unspecified atom stereocenters. The molecule has 4 nitrogen and oxygen atoms in total. The van der Waals surface area contributed by atoms with Crippen LogP contribution >= 0.6 is 0 Å². The lowest BCUT2D eigenvalue weighted by atomic mass is 9.97. The number of nitro groups is 1. The first-order valence-corrected chi connectivity index (χ1v) is 4.55. The Hall–Kier alpha value is -1.42. The van der Waals surface area contributed by atoms with Gasteiger partial charge in [0.25, 0.3) is 5.69 Å². The molecule has 75 valence electrons. The number of hydrogen-bond acceptors (Lipinski definition) is 3. The molecule has 0 aliphatic carbocycles. The number of nitro benzene ring substituents is 1. The maximum Gasteiger partial charge on any atom is 0.270 e. The van der Waals surface area contributed by atoms with Crippen LogP contribution in [0, 0.1) is 16.2 Å². The number of rotatable bonds is 4. The maximum atomic E-state index is 10.4. The average molecular weight is 193 g/mol. The van der Waals surface area contributed by atoms with Crippen LogP contribution in [0.4, 0.5) is 5.69 Å². The molecule has 0 bridgehead atoms. The summed E-state index contributed by atoms with van der Waals surface area (Å²) in [5.74, 6) is 0.246. The molecule has 0 fully saturated rings. The predicted molar refractivity (Wildman–Crippen MR) is 54.0 cm³/mol. The lowest BCUT2D eigenvalue weighted by Gasteiger charge is -2.11. The summed E-state index contributed by atoms with van der Waals surface area (Å²) in [7, 11) is 0. The summed E-state index contributed by atoms with van der Waals surface area (Å²) < 4.78 is 0. The second-order valence-electron chi connectivity index (χ2n) is 3.10. The van der Waals surface area contributed by atoms with Crippen molar-refractivity contribution in [2.24, 2.45) is 5.73 Å². The van der Waals surface area contributed by atoms with Gasteiger partial charge >= 0.3 is 0 Å². The van der Waals surface area contributed by atoms with Crippen LogP contribution in [0.25, 0.3) is 0 Å². The van der Waals surface area contributed by atoms with Gasteiger partial charge in [0.2, 0.25) is 0 Å². The Labute approximate surface area is 82.9 Å².